The number of anilines is 2. The molecule has 1 saturated carbocycles. The van der Waals surface area contributed by atoms with E-state index in [4.69, 9.17) is 10.8 Å². The van der Waals surface area contributed by atoms with Crippen molar-refractivity contribution in [2.45, 2.75) is 45.1 Å². The number of aromatic nitrogens is 3. The van der Waals surface area contributed by atoms with Crippen molar-refractivity contribution in [1.82, 2.24) is 14.3 Å². The first-order chi connectivity index (χ1) is 12.7. The van der Waals surface area contributed by atoms with Crippen molar-refractivity contribution in [2.24, 2.45) is 10.7 Å². The van der Waals surface area contributed by atoms with Crippen molar-refractivity contribution in [3.8, 4) is 0 Å². The maximum Gasteiger partial charge on any atom is 0.230 e. The largest absolute Gasteiger partial charge is 0.403 e. The highest BCUT2D eigenvalue weighted by Gasteiger charge is 2.18. The SMILES string of the molecule is Cc1nsc2nc(NC(C=NCCO)=CN)nc(NC3CCCCC3)c12. The molecule has 0 radical (unpaired) electrons. The molecule has 0 saturated heterocycles. The van der Waals surface area contributed by atoms with Crippen LogP contribution >= 0.6 is 11.5 Å². The molecule has 0 amide bonds. The van der Waals surface area contributed by atoms with E-state index in [0.29, 0.717) is 24.2 Å². The maximum atomic E-state index is 8.83. The van der Waals surface area contributed by atoms with Crippen molar-refractivity contribution in [1.29, 1.82) is 0 Å². The molecule has 5 N–H and O–H groups in total. The summed E-state index contributed by atoms with van der Waals surface area (Å²) in [7, 11) is 0. The Labute approximate surface area is 156 Å². The summed E-state index contributed by atoms with van der Waals surface area (Å²) in [5.41, 5.74) is 7.16. The fraction of sp³-hybridized carbons (Fsp3) is 0.529. The lowest BCUT2D eigenvalue weighted by Gasteiger charge is -2.23. The van der Waals surface area contributed by atoms with Gasteiger partial charge in [0, 0.05) is 18.5 Å². The summed E-state index contributed by atoms with van der Waals surface area (Å²) in [6.45, 7) is 2.29. The molecule has 0 spiro atoms. The smallest absolute Gasteiger partial charge is 0.230 e. The van der Waals surface area contributed by atoms with E-state index < -0.39 is 0 Å². The number of aliphatic hydroxyl groups excluding tert-OH is 1. The standard InChI is InChI=1S/C17H25N7OS/c1-11-14-15(20-12-5-3-2-4-6-12)22-17(23-16(14)26-24-11)21-13(9-18)10-19-7-8-25/h9-10,12,25H,2-8,18H2,1H3,(H2,20,21,22,23). The van der Waals surface area contributed by atoms with E-state index in [2.05, 4.69) is 30.0 Å². The molecule has 2 aromatic rings. The van der Waals surface area contributed by atoms with Gasteiger partial charge in [0.05, 0.1) is 29.9 Å². The first-order valence-corrected chi connectivity index (χ1v) is 9.68. The van der Waals surface area contributed by atoms with Gasteiger partial charge in [0.25, 0.3) is 0 Å². The highest BCUT2D eigenvalue weighted by Crippen LogP contribution is 2.30. The molecule has 0 aliphatic heterocycles. The number of hydrogen-bond donors (Lipinski definition) is 4. The molecule has 1 aliphatic rings. The topological polar surface area (TPSA) is 121 Å². The lowest BCUT2D eigenvalue weighted by Crippen LogP contribution is -2.23. The molecule has 8 nitrogen and oxygen atoms in total. The van der Waals surface area contributed by atoms with E-state index in [1.165, 1.54) is 37.0 Å². The molecule has 1 fully saturated rings. The second-order valence-corrected chi connectivity index (χ2v) is 7.08. The van der Waals surface area contributed by atoms with Crippen LogP contribution in [-0.2, 0) is 0 Å². The van der Waals surface area contributed by atoms with Crippen LogP contribution in [-0.4, -0.2) is 44.9 Å². The molecule has 0 bridgehead atoms. The number of hydrogen-bond acceptors (Lipinski definition) is 9. The van der Waals surface area contributed by atoms with Crippen LogP contribution in [0.1, 0.15) is 37.8 Å². The van der Waals surface area contributed by atoms with Gasteiger partial charge in [-0.2, -0.15) is 14.3 Å². The molecular formula is C17H25N7OS. The van der Waals surface area contributed by atoms with Crippen LogP contribution in [0, 0.1) is 6.92 Å². The van der Waals surface area contributed by atoms with Crippen molar-refractivity contribution in [2.75, 3.05) is 23.8 Å². The number of nitrogens with two attached hydrogens (primary N) is 1. The molecule has 0 atom stereocenters. The van der Waals surface area contributed by atoms with E-state index in [1.54, 1.807) is 6.21 Å². The second kappa shape index (κ2) is 8.91. The molecule has 2 aromatic heterocycles. The Hall–Kier alpha value is -2.26. The van der Waals surface area contributed by atoms with Crippen molar-refractivity contribution in [3.05, 3.63) is 17.6 Å². The number of nitrogens with one attached hydrogen (secondary N) is 2. The molecule has 9 heteroatoms. The third-order valence-electron chi connectivity index (χ3n) is 4.35. The zero-order valence-corrected chi connectivity index (χ0v) is 15.7. The minimum Gasteiger partial charge on any atom is -0.403 e. The highest BCUT2D eigenvalue weighted by molar-refractivity contribution is 7.13. The molecule has 2 heterocycles. The summed E-state index contributed by atoms with van der Waals surface area (Å²) in [4.78, 5) is 14.1. The summed E-state index contributed by atoms with van der Waals surface area (Å²) >= 11 is 1.36. The van der Waals surface area contributed by atoms with Gasteiger partial charge in [0.2, 0.25) is 5.95 Å². The highest BCUT2D eigenvalue weighted by atomic mass is 32.1. The molecular weight excluding hydrogens is 350 g/mol. The summed E-state index contributed by atoms with van der Waals surface area (Å²) in [6.07, 6.45) is 9.09. The Kier molecular flexibility index (Phi) is 6.35. The van der Waals surface area contributed by atoms with Crippen LogP contribution in [0.4, 0.5) is 11.8 Å². The number of aliphatic imine (C=N–C) groups is 1. The number of nitrogens with zero attached hydrogens (tertiary/aromatic N) is 4. The van der Waals surface area contributed by atoms with E-state index >= 15 is 0 Å². The Morgan fingerprint density at radius 3 is 2.88 bits per heavy atom. The van der Waals surface area contributed by atoms with Gasteiger partial charge in [-0.05, 0) is 31.3 Å². The van der Waals surface area contributed by atoms with Crippen molar-refractivity contribution in [3.63, 3.8) is 0 Å². The Morgan fingerprint density at radius 1 is 1.35 bits per heavy atom. The van der Waals surface area contributed by atoms with Gasteiger partial charge in [-0.3, -0.25) is 4.99 Å². The second-order valence-electron chi connectivity index (χ2n) is 6.33. The van der Waals surface area contributed by atoms with Crippen LogP contribution in [0.5, 0.6) is 0 Å². The summed E-state index contributed by atoms with van der Waals surface area (Å²) in [5, 5.41) is 16.5. The Morgan fingerprint density at radius 2 is 2.15 bits per heavy atom. The summed E-state index contributed by atoms with van der Waals surface area (Å²) in [5.74, 6) is 1.27. The lowest BCUT2D eigenvalue weighted by molar-refractivity contribution is 0.307. The van der Waals surface area contributed by atoms with Crippen molar-refractivity contribution < 1.29 is 5.11 Å². The van der Waals surface area contributed by atoms with Gasteiger partial charge in [0.15, 0.2) is 4.83 Å². The van der Waals surface area contributed by atoms with Gasteiger partial charge >= 0.3 is 0 Å². The van der Waals surface area contributed by atoms with Gasteiger partial charge in [-0.25, -0.2) is 0 Å². The lowest BCUT2D eigenvalue weighted by atomic mass is 9.95. The first kappa shape index (κ1) is 18.5. The van der Waals surface area contributed by atoms with Gasteiger partial charge < -0.3 is 21.5 Å². The van der Waals surface area contributed by atoms with Crippen LogP contribution in [0.2, 0.25) is 0 Å². The van der Waals surface area contributed by atoms with Crippen LogP contribution in [0.3, 0.4) is 0 Å². The predicted octanol–water partition coefficient (Wildman–Crippen LogP) is 2.41. The number of aryl methyl sites for hydroxylation is 1. The van der Waals surface area contributed by atoms with E-state index in [1.807, 2.05) is 6.92 Å². The van der Waals surface area contributed by atoms with Gasteiger partial charge in [0.1, 0.15) is 5.82 Å². The number of aliphatic hydroxyl groups is 1. The third-order valence-corrected chi connectivity index (χ3v) is 5.18. The molecule has 3 rings (SSSR count). The van der Waals surface area contributed by atoms with Crippen LogP contribution in [0.25, 0.3) is 10.2 Å². The third kappa shape index (κ3) is 4.47. The minimum atomic E-state index is -0.00753. The molecule has 1 aliphatic carbocycles. The van der Waals surface area contributed by atoms with Crippen LogP contribution < -0.4 is 16.4 Å². The van der Waals surface area contributed by atoms with E-state index in [-0.39, 0.29) is 6.61 Å². The van der Waals surface area contributed by atoms with Gasteiger partial charge in [-0.15, -0.1) is 0 Å². The maximum absolute atomic E-state index is 8.83. The van der Waals surface area contributed by atoms with E-state index in [9.17, 15) is 0 Å². The number of rotatable bonds is 7. The average molecular weight is 376 g/mol. The molecule has 0 aromatic carbocycles. The molecule has 140 valence electrons. The number of allylic oxidation sites excluding steroid dienone is 1. The fourth-order valence-electron chi connectivity index (χ4n) is 3.06. The van der Waals surface area contributed by atoms with E-state index in [0.717, 1.165) is 34.6 Å². The Bertz CT molecular complexity index is 796. The van der Waals surface area contributed by atoms with Crippen LogP contribution in [0.15, 0.2) is 16.9 Å². The summed E-state index contributed by atoms with van der Waals surface area (Å²) < 4.78 is 4.43. The van der Waals surface area contributed by atoms with Crippen molar-refractivity contribution >= 4 is 39.7 Å². The first-order valence-electron chi connectivity index (χ1n) is 8.91. The molecule has 0 unspecified atom stereocenters. The number of fused-ring (bicyclic) bond motifs is 1. The van der Waals surface area contributed by atoms with Gasteiger partial charge in [-0.1, -0.05) is 19.3 Å². The fourth-order valence-corrected chi connectivity index (χ4v) is 3.83. The molecule has 26 heavy (non-hydrogen) atoms. The zero-order chi connectivity index (χ0) is 18.4. The quantitative estimate of drug-likeness (QED) is 0.548. The minimum absolute atomic E-state index is 0.00753. The zero-order valence-electron chi connectivity index (χ0n) is 14.9. The monoisotopic (exact) mass is 375 g/mol. The Balaban J connectivity index is 1.86. The normalized spacial score (nSPS) is 16.5. The predicted molar refractivity (Wildman–Crippen MR) is 107 cm³/mol. The average Bonchev–Trinajstić information content (AvgIpc) is 3.03. The summed E-state index contributed by atoms with van der Waals surface area (Å²) in [6, 6.07) is 0.435.